The van der Waals surface area contributed by atoms with Crippen LogP contribution in [0.2, 0.25) is 0 Å². The zero-order chi connectivity index (χ0) is 16.8. The van der Waals surface area contributed by atoms with E-state index in [0.717, 1.165) is 5.56 Å². The van der Waals surface area contributed by atoms with Crippen LogP contribution < -0.4 is 25.3 Å². The number of rotatable bonds is 7. The number of ether oxygens (including phenoxy) is 3. The molecular formula is C16H20N2O5. The largest absolute Gasteiger partial charge is 0.496 e. The highest BCUT2D eigenvalue weighted by Gasteiger charge is 2.14. The molecule has 0 unspecified atom stereocenters. The summed E-state index contributed by atoms with van der Waals surface area (Å²) in [6.07, 6.45) is 1.38. The average Bonchev–Trinajstić information content (AvgIpc) is 3.07. The number of hydrogen-bond acceptors (Lipinski definition) is 6. The van der Waals surface area contributed by atoms with Crippen LogP contribution in [0.3, 0.4) is 0 Å². The first kappa shape index (κ1) is 16.7. The molecule has 1 aromatic heterocycles. The molecule has 0 radical (unpaired) electrons. The molecule has 0 aliphatic rings. The molecule has 0 aliphatic carbocycles. The topological polar surface area (TPSA) is 96.0 Å². The number of hydrogen-bond donors (Lipinski definition) is 2. The lowest BCUT2D eigenvalue weighted by Crippen LogP contribution is -2.22. The Hall–Kier alpha value is -2.67. The fraction of sp³-hybridized carbons (Fsp3) is 0.312. The molecule has 2 aromatic rings. The Balaban J connectivity index is 2.14. The fourth-order valence-corrected chi connectivity index (χ4v) is 2.11. The molecule has 0 atom stereocenters. The average molecular weight is 320 g/mol. The van der Waals surface area contributed by atoms with Crippen molar-refractivity contribution in [3.63, 3.8) is 0 Å². The summed E-state index contributed by atoms with van der Waals surface area (Å²) < 4.78 is 21.0. The van der Waals surface area contributed by atoms with Gasteiger partial charge in [-0.25, -0.2) is 0 Å². The molecule has 0 saturated carbocycles. The number of nitrogens with two attached hydrogens (primary N) is 1. The minimum atomic E-state index is -0.259. The van der Waals surface area contributed by atoms with Crippen LogP contribution in [0.4, 0.5) is 0 Å². The van der Waals surface area contributed by atoms with E-state index in [0.29, 0.717) is 28.6 Å². The van der Waals surface area contributed by atoms with Crippen molar-refractivity contribution in [1.82, 2.24) is 5.32 Å². The van der Waals surface area contributed by atoms with Gasteiger partial charge < -0.3 is 29.7 Å². The second kappa shape index (κ2) is 7.55. The number of benzene rings is 1. The van der Waals surface area contributed by atoms with Gasteiger partial charge in [0, 0.05) is 18.2 Å². The molecule has 1 heterocycles. The van der Waals surface area contributed by atoms with Crippen molar-refractivity contribution in [2.75, 3.05) is 21.3 Å². The van der Waals surface area contributed by atoms with Gasteiger partial charge in [-0.1, -0.05) is 0 Å². The van der Waals surface area contributed by atoms with Gasteiger partial charge in [-0.05, 0) is 12.1 Å². The summed E-state index contributed by atoms with van der Waals surface area (Å²) in [4.78, 5) is 12.1. The standard InChI is InChI=1S/C16H20N2O5/c1-20-13-6-15(22-3)14(21-2)5-10(13)8-18-16(19)11-4-12(7-17)23-9-11/h4-6,9H,7-8,17H2,1-3H3,(H,18,19). The molecule has 0 bridgehead atoms. The van der Waals surface area contributed by atoms with E-state index in [2.05, 4.69) is 5.32 Å². The van der Waals surface area contributed by atoms with Gasteiger partial charge in [0.15, 0.2) is 11.5 Å². The van der Waals surface area contributed by atoms with Crippen molar-refractivity contribution < 1.29 is 23.4 Å². The highest BCUT2D eigenvalue weighted by molar-refractivity contribution is 5.93. The number of carbonyl (C=O) groups excluding carboxylic acids is 1. The Morgan fingerprint density at radius 3 is 2.30 bits per heavy atom. The van der Waals surface area contributed by atoms with Crippen LogP contribution in [0.15, 0.2) is 28.9 Å². The Bertz CT molecular complexity index is 681. The lowest BCUT2D eigenvalue weighted by Gasteiger charge is -2.14. The summed E-state index contributed by atoms with van der Waals surface area (Å²) in [7, 11) is 4.65. The summed E-state index contributed by atoms with van der Waals surface area (Å²) in [5.41, 5.74) is 6.64. The molecule has 7 nitrogen and oxygen atoms in total. The summed E-state index contributed by atoms with van der Waals surface area (Å²) in [6, 6.07) is 5.09. The molecule has 0 spiro atoms. The summed E-state index contributed by atoms with van der Waals surface area (Å²) in [6.45, 7) is 0.516. The third-order valence-electron chi connectivity index (χ3n) is 3.34. The van der Waals surface area contributed by atoms with Crippen LogP contribution in [0.5, 0.6) is 17.2 Å². The third-order valence-corrected chi connectivity index (χ3v) is 3.34. The molecule has 7 heteroatoms. The summed E-state index contributed by atoms with van der Waals surface area (Å²) >= 11 is 0. The normalized spacial score (nSPS) is 10.3. The van der Waals surface area contributed by atoms with Crippen LogP contribution in [0.25, 0.3) is 0 Å². The van der Waals surface area contributed by atoms with Crippen LogP contribution in [-0.2, 0) is 13.1 Å². The highest BCUT2D eigenvalue weighted by atomic mass is 16.5. The van der Waals surface area contributed by atoms with E-state index in [-0.39, 0.29) is 19.0 Å². The minimum absolute atomic E-state index is 0.247. The summed E-state index contributed by atoms with van der Waals surface area (Å²) in [5, 5.41) is 2.80. The Labute approximate surface area is 134 Å². The number of furan rings is 1. The zero-order valence-electron chi connectivity index (χ0n) is 13.3. The molecule has 23 heavy (non-hydrogen) atoms. The maximum absolute atomic E-state index is 12.1. The highest BCUT2D eigenvalue weighted by Crippen LogP contribution is 2.34. The number of carbonyl (C=O) groups is 1. The van der Waals surface area contributed by atoms with E-state index in [1.165, 1.54) is 6.26 Å². The Morgan fingerprint density at radius 1 is 1.09 bits per heavy atom. The fourth-order valence-electron chi connectivity index (χ4n) is 2.11. The van der Waals surface area contributed by atoms with Crippen molar-refractivity contribution in [2.45, 2.75) is 13.1 Å². The second-order valence-corrected chi connectivity index (χ2v) is 4.71. The van der Waals surface area contributed by atoms with Crippen LogP contribution in [-0.4, -0.2) is 27.2 Å². The van der Waals surface area contributed by atoms with Crippen LogP contribution >= 0.6 is 0 Å². The number of nitrogens with one attached hydrogen (secondary N) is 1. The van der Waals surface area contributed by atoms with Gasteiger partial charge in [0.05, 0.1) is 33.4 Å². The van der Waals surface area contributed by atoms with Crippen molar-refractivity contribution >= 4 is 5.91 Å². The maximum Gasteiger partial charge on any atom is 0.254 e. The van der Waals surface area contributed by atoms with Gasteiger partial charge in [0.25, 0.3) is 5.91 Å². The zero-order valence-corrected chi connectivity index (χ0v) is 13.3. The third kappa shape index (κ3) is 3.75. The molecule has 0 fully saturated rings. The predicted octanol–water partition coefficient (Wildman–Crippen LogP) is 1.69. The first-order valence-corrected chi connectivity index (χ1v) is 6.97. The van der Waals surface area contributed by atoms with Gasteiger partial charge in [-0.15, -0.1) is 0 Å². The molecule has 2 rings (SSSR count). The molecular weight excluding hydrogens is 300 g/mol. The minimum Gasteiger partial charge on any atom is -0.496 e. The molecule has 3 N–H and O–H groups in total. The van der Waals surface area contributed by atoms with E-state index in [1.54, 1.807) is 39.5 Å². The van der Waals surface area contributed by atoms with Gasteiger partial charge in [0.2, 0.25) is 0 Å². The molecule has 124 valence electrons. The first-order valence-electron chi connectivity index (χ1n) is 6.97. The summed E-state index contributed by atoms with van der Waals surface area (Å²) in [5.74, 6) is 2.01. The Morgan fingerprint density at radius 2 is 1.74 bits per heavy atom. The lowest BCUT2D eigenvalue weighted by atomic mass is 10.1. The first-order chi connectivity index (χ1) is 11.1. The van der Waals surface area contributed by atoms with Crippen molar-refractivity contribution in [2.24, 2.45) is 5.73 Å². The van der Waals surface area contributed by atoms with Gasteiger partial charge in [-0.2, -0.15) is 0 Å². The monoisotopic (exact) mass is 320 g/mol. The van der Waals surface area contributed by atoms with E-state index >= 15 is 0 Å². The molecule has 1 amide bonds. The number of amides is 1. The Kier molecular flexibility index (Phi) is 5.48. The predicted molar refractivity (Wildman–Crippen MR) is 83.9 cm³/mol. The van der Waals surface area contributed by atoms with Crippen molar-refractivity contribution in [3.8, 4) is 17.2 Å². The maximum atomic E-state index is 12.1. The van der Waals surface area contributed by atoms with Crippen molar-refractivity contribution in [1.29, 1.82) is 0 Å². The van der Waals surface area contributed by atoms with E-state index in [4.69, 9.17) is 24.4 Å². The van der Waals surface area contributed by atoms with Crippen molar-refractivity contribution in [3.05, 3.63) is 41.3 Å². The van der Waals surface area contributed by atoms with E-state index in [1.807, 2.05) is 0 Å². The van der Waals surface area contributed by atoms with E-state index < -0.39 is 0 Å². The number of methoxy groups -OCH3 is 3. The molecule has 0 saturated heterocycles. The second-order valence-electron chi connectivity index (χ2n) is 4.71. The van der Waals surface area contributed by atoms with Crippen LogP contribution in [0, 0.1) is 0 Å². The quantitative estimate of drug-likeness (QED) is 0.806. The van der Waals surface area contributed by atoms with Gasteiger partial charge >= 0.3 is 0 Å². The van der Waals surface area contributed by atoms with Gasteiger partial charge in [0.1, 0.15) is 17.8 Å². The smallest absolute Gasteiger partial charge is 0.254 e. The van der Waals surface area contributed by atoms with Crippen LogP contribution in [0.1, 0.15) is 21.7 Å². The SMILES string of the molecule is COc1cc(OC)c(OC)cc1CNC(=O)c1coc(CN)c1. The molecule has 1 aromatic carbocycles. The molecule has 0 aliphatic heterocycles. The lowest BCUT2D eigenvalue weighted by molar-refractivity contribution is 0.0950. The van der Waals surface area contributed by atoms with E-state index in [9.17, 15) is 4.79 Å². The van der Waals surface area contributed by atoms with Gasteiger partial charge in [-0.3, -0.25) is 4.79 Å².